The first-order valence-electron chi connectivity index (χ1n) is 9.56. The molecule has 29 heavy (non-hydrogen) atoms. The van der Waals surface area contributed by atoms with Crippen molar-refractivity contribution in [3.63, 3.8) is 0 Å². The van der Waals surface area contributed by atoms with Gasteiger partial charge in [-0.05, 0) is 54.4 Å². The second-order valence-electron chi connectivity index (χ2n) is 6.96. The lowest BCUT2D eigenvalue weighted by atomic mass is 10.1. The predicted molar refractivity (Wildman–Crippen MR) is 116 cm³/mol. The zero-order valence-electron chi connectivity index (χ0n) is 17.0. The minimum absolute atomic E-state index is 0.156. The molecule has 0 aliphatic carbocycles. The molecule has 2 amide bonds. The average Bonchev–Trinajstić information content (AvgIpc) is 2.68. The van der Waals surface area contributed by atoms with Crippen molar-refractivity contribution in [2.24, 2.45) is 0 Å². The highest BCUT2D eigenvalue weighted by Crippen LogP contribution is 2.25. The van der Waals surface area contributed by atoms with E-state index in [1.54, 1.807) is 4.90 Å². The Labute approximate surface area is 176 Å². The van der Waals surface area contributed by atoms with E-state index in [1.807, 2.05) is 44.1 Å². The summed E-state index contributed by atoms with van der Waals surface area (Å²) in [5.74, 6) is -0.436. The van der Waals surface area contributed by atoms with Gasteiger partial charge in [0.25, 0.3) is 5.91 Å². The van der Waals surface area contributed by atoms with E-state index >= 15 is 0 Å². The molecule has 0 unspecified atom stereocenters. The molecule has 2 aromatic rings. The number of anilines is 2. The van der Waals surface area contributed by atoms with Crippen molar-refractivity contribution in [1.29, 1.82) is 0 Å². The third kappa shape index (κ3) is 6.46. The lowest BCUT2D eigenvalue weighted by Gasteiger charge is -2.26. The molecular formula is C22H27ClFN3O2. The highest BCUT2D eigenvalue weighted by molar-refractivity contribution is 6.19. The summed E-state index contributed by atoms with van der Waals surface area (Å²) in [5, 5.41) is 2.83. The Bertz CT molecular complexity index is 840. The molecule has 0 saturated carbocycles. The van der Waals surface area contributed by atoms with E-state index in [0.717, 1.165) is 17.7 Å². The van der Waals surface area contributed by atoms with Crippen LogP contribution >= 0.6 is 11.6 Å². The Morgan fingerprint density at radius 2 is 1.79 bits per heavy atom. The topological polar surface area (TPSA) is 52.7 Å². The molecule has 0 atom stereocenters. The van der Waals surface area contributed by atoms with Gasteiger partial charge in [-0.2, -0.15) is 0 Å². The monoisotopic (exact) mass is 419 g/mol. The highest BCUT2D eigenvalue weighted by atomic mass is 35.5. The number of rotatable bonds is 9. The van der Waals surface area contributed by atoms with Crippen LogP contribution in [-0.4, -0.2) is 43.2 Å². The number of alkyl halides is 1. The van der Waals surface area contributed by atoms with Crippen molar-refractivity contribution >= 4 is 34.8 Å². The maximum absolute atomic E-state index is 13.2. The lowest BCUT2D eigenvalue weighted by Crippen LogP contribution is -2.32. The van der Waals surface area contributed by atoms with E-state index in [1.165, 1.54) is 24.3 Å². The zero-order chi connectivity index (χ0) is 21.4. The fraction of sp³-hybridized carbons (Fsp3) is 0.364. The van der Waals surface area contributed by atoms with Gasteiger partial charge in [0.05, 0.1) is 0 Å². The third-order valence-corrected chi connectivity index (χ3v) is 4.59. The number of nitrogens with one attached hydrogen (secondary N) is 1. The van der Waals surface area contributed by atoms with E-state index in [2.05, 4.69) is 5.32 Å². The SMILES string of the molecule is CCCN(Cc1cc(NC(=O)CCCl)ccc1N(C)C)C(=O)c1ccc(F)cc1. The molecule has 0 fully saturated rings. The summed E-state index contributed by atoms with van der Waals surface area (Å²) >= 11 is 5.63. The van der Waals surface area contributed by atoms with Crippen LogP contribution in [0.1, 0.15) is 35.7 Å². The third-order valence-electron chi connectivity index (χ3n) is 4.40. The molecule has 0 spiro atoms. The lowest BCUT2D eigenvalue weighted by molar-refractivity contribution is -0.115. The van der Waals surface area contributed by atoms with Crippen molar-refractivity contribution in [2.75, 3.05) is 36.7 Å². The van der Waals surface area contributed by atoms with E-state index in [4.69, 9.17) is 11.6 Å². The number of hydrogen-bond donors (Lipinski definition) is 1. The van der Waals surface area contributed by atoms with Crippen LogP contribution in [0.15, 0.2) is 42.5 Å². The summed E-state index contributed by atoms with van der Waals surface area (Å²) in [4.78, 5) is 28.6. The zero-order valence-corrected chi connectivity index (χ0v) is 17.8. The van der Waals surface area contributed by atoms with E-state index in [9.17, 15) is 14.0 Å². The molecule has 156 valence electrons. The fourth-order valence-electron chi connectivity index (χ4n) is 3.04. The standard InChI is InChI=1S/C22H27ClFN3O2/c1-4-13-27(22(29)16-5-7-18(24)8-6-16)15-17-14-19(25-21(28)11-12-23)9-10-20(17)26(2)3/h5-10,14H,4,11-13,15H2,1-3H3,(H,25,28). The average molecular weight is 420 g/mol. The van der Waals surface area contributed by atoms with Crippen LogP contribution in [0.4, 0.5) is 15.8 Å². The van der Waals surface area contributed by atoms with Crippen LogP contribution in [0.3, 0.4) is 0 Å². The Morgan fingerprint density at radius 1 is 1.10 bits per heavy atom. The molecule has 0 aromatic heterocycles. The van der Waals surface area contributed by atoms with Gasteiger partial charge in [0.2, 0.25) is 5.91 Å². The minimum Gasteiger partial charge on any atom is -0.377 e. The molecule has 0 saturated heterocycles. The van der Waals surface area contributed by atoms with Crippen LogP contribution in [0, 0.1) is 5.82 Å². The Kier molecular flexibility index (Phi) is 8.46. The normalized spacial score (nSPS) is 10.5. The molecular weight excluding hydrogens is 393 g/mol. The molecule has 2 aromatic carbocycles. The number of benzene rings is 2. The maximum Gasteiger partial charge on any atom is 0.254 e. The quantitative estimate of drug-likeness (QED) is 0.608. The van der Waals surface area contributed by atoms with Crippen molar-refractivity contribution < 1.29 is 14.0 Å². The molecule has 0 heterocycles. The smallest absolute Gasteiger partial charge is 0.254 e. The first-order valence-corrected chi connectivity index (χ1v) is 10.1. The summed E-state index contributed by atoms with van der Waals surface area (Å²) in [5.41, 5.74) is 2.96. The molecule has 0 bridgehead atoms. The van der Waals surface area contributed by atoms with Gasteiger partial charge in [0.1, 0.15) is 5.82 Å². The number of nitrogens with zero attached hydrogens (tertiary/aromatic N) is 2. The van der Waals surface area contributed by atoms with Crippen molar-refractivity contribution in [3.8, 4) is 0 Å². The molecule has 5 nitrogen and oxygen atoms in total. The Morgan fingerprint density at radius 3 is 2.38 bits per heavy atom. The van der Waals surface area contributed by atoms with E-state index in [-0.39, 0.29) is 29.9 Å². The summed E-state index contributed by atoms with van der Waals surface area (Å²) in [6, 6.07) is 11.2. The van der Waals surface area contributed by atoms with Crippen LogP contribution in [0.25, 0.3) is 0 Å². The van der Waals surface area contributed by atoms with Crippen molar-refractivity contribution in [1.82, 2.24) is 4.90 Å². The first kappa shape index (κ1) is 22.7. The van der Waals surface area contributed by atoms with Crippen LogP contribution in [0.2, 0.25) is 0 Å². The Hall–Kier alpha value is -2.60. The summed E-state index contributed by atoms with van der Waals surface area (Å²) in [7, 11) is 3.85. The first-order chi connectivity index (χ1) is 13.8. The number of carbonyl (C=O) groups excluding carboxylic acids is 2. The largest absolute Gasteiger partial charge is 0.377 e. The van der Waals surface area contributed by atoms with Gasteiger partial charge in [-0.25, -0.2) is 4.39 Å². The van der Waals surface area contributed by atoms with Gasteiger partial charge in [0, 0.05) is 56.4 Å². The fourth-order valence-corrected chi connectivity index (χ4v) is 3.21. The van der Waals surface area contributed by atoms with Crippen molar-refractivity contribution in [3.05, 3.63) is 59.4 Å². The van der Waals surface area contributed by atoms with Gasteiger partial charge in [-0.3, -0.25) is 9.59 Å². The number of halogens is 2. The molecule has 0 aliphatic rings. The maximum atomic E-state index is 13.2. The Balaban J connectivity index is 2.31. The van der Waals surface area contributed by atoms with Gasteiger partial charge in [0.15, 0.2) is 0 Å². The van der Waals surface area contributed by atoms with Gasteiger partial charge < -0.3 is 15.1 Å². The highest BCUT2D eigenvalue weighted by Gasteiger charge is 2.18. The van der Waals surface area contributed by atoms with Crippen LogP contribution in [0.5, 0.6) is 0 Å². The summed E-state index contributed by atoms with van der Waals surface area (Å²) in [6.45, 7) is 2.93. The number of carbonyl (C=O) groups is 2. The number of hydrogen-bond acceptors (Lipinski definition) is 3. The molecule has 0 aliphatic heterocycles. The summed E-state index contributed by atoms with van der Waals surface area (Å²) < 4.78 is 13.2. The van der Waals surface area contributed by atoms with Crippen LogP contribution in [-0.2, 0) is 11.3 Å². The van der Waals surface area contributed by atoms with E-state index in [0.29, 0.717) is 24.3 Å². The van der Waals surface area contributed by atoms with Gasteiger partial charge in [-0.1, -0.05) is 6.92 Å². The van der Waals surface area contributed by atoms with Crippen molar-refractivity contribution in [2.45, 2.75) is 26.3 Å². The van der Waals surface area contributed by atoms with E-state index < -0.39 is 0 Å². The second kappa shape index (κ2) is 10.8. The van der Waals surface area contributed by atoms with Gasteiger partial charge >= 0.3 is 0 Å². The predicted octanol–water partition coefficient (Wildman–Crippen LogP) is 4.51. The van der Waals surface area contributed by atoms with Crippen LogP contribution < -0.4 is 10.2 Å². The minimum atomic E-state index is -0.376. The molecule has 2 rings (SSSR count). The molecule has 1 N–H and O–H groups in total. The second-order valence-corrected chi connectivity index (χ2v) is 7.34. The molecule has 7 heteroatoms. The number of amides is 2. The molecule has 0 radical (unpaired) electrons. The summed E-state index contributed by atoms with van der Waals surface area (Å²) in [6.07, 6.45) is 1.02. The van der Waals surface area contributed by atoms with Gasteiger partial charge in [-0.15, -0.1) is 11.6 Å².